The predicted octanol–water partition coefficient (Wildman–Crippen LogP) is 1.88. The van der Waals surface area contributed by atoms with Gasteiger partial charge < -0.3 is 5.43 Å². The van der Waals surface area contributed by atoms with Gasteiger partial charge in [-0.05, 0) is 11.8 Å². The molecular weight excluding hydrogens is 221 g/mol. The van der Waals surface area contributed by atoms with Crippen molar-refractivity contribution in [2.45, 2.75) is 38.9 Å². The maximum absolute atomic E-state index is 12.6. The number of hydrogen-bond acceptors (Lipinski definition) is 3. The summed E-state index contributed by atoms with van der Waals surface area (Å²) >= 11 is 0. The van der Waals surface area contributed by atoms with Crippen molar-refractivity contribution in [3.05, 3.63) is 0 Å². The molecule has 1 heterocycles. The van der Waals surface area contributed by atoms with Crippen molar-refractivity contribution in [3.63, 3.8) is 0 Å². The molecule has 2 rings (SSSR count). The van der Waals surface area contributed by atoms with Crippen LogP contribution < -0.4 is 5.43 Å². The number of hydrogen-bond donors (Lipinski definition) is 1. The van der Waals surface area contributed by atoms with Crippen LogP contribution in [0, 0.1) is 11.3 Å². The Morgan fingerprint density at radius 2 is 2.06 bits per heavy atom. The van der Waals surface area contributed by atoms with Crippen LogP contribution in [0.5, 0.6) is 0 Å². The average Bonchev–Trinajstić information content (AvgIpc) is 2.43. The highest BCUT2D eigenvalue weighted by molar-refractivity contribution is 6.09. The van der Waals surface area contributed by atoms with E-state index in [9.17, 15) is 18.0 Å². The molecule has 0 aromatic rings. The Bertz CT molecular complexity index is 360. The van der Waals surface area contributed by atoms with Crippen molar-refractivity contribution in [3.8, 4) is 0 Å². The molecule has 16 heavy (non-hydrogen) atoms. The predicted molar refractivity (Wildman–Crippen MR) is 51.9 cm³/mol. The first-order chi connectivity index (χ1) is 7.21. The normalized spacial score (nSPS) is 33.1. The van der Waals surface area contributed by atoms with Gasteiger partial charge in [-0.2, -0.15) is 18.3 Å². The summed E-state index contributed by atoms with van der Waals surface area (Å²) in [7, 11) is 0. The number of Topliss-reactive ketones (excluding diaryl/α,β-unsaturated/α-hetero) is 1. The Morgan fingerprint density at radius 1 is 1.44 bits per heavy atom. The van der Waals surface area contributed by atoms with E-state index in [1.165, 1.54) is 0 Å². The lowest BCUT2D eigenvalue weighted by molar-refractivity contribution is -0.127. The number of rotatable bonds is 0. The summed E-state index contributed by atoms with van der Waals surface area (Å²) in [6, 6.07) is -0.493. The second-order valence-electron chi connectivity index (χ2n) is 5.22. The Morgan fingerprint density at radius 3 is 2.62 bits per heavy atom. The van der Waals surface area contributed by atoms with Crippen molar-refractivity contribution >= 4 is 11.5 Å². The van der Waals surface area contributed by atoms with Gasteiger partial charge in [0.25, 0.3) is 0 Å². The van der Waals surface area contributed by atoms with E-state index in [1.807, 2.05) is 13.8 Å². The summed E-state index contributed by atoms with van der Waals surface area (Å²) in [4.78, 5) is 11.7. The first kappa shape index (κ1) is 11.4. The zero-order chi connectivity index (χ0) is 12.1. The van der Waals surface area contributed by atoms with E-state index < -0.39 is 23.8 Å². The monoisotopic (exact) mass is 234 g/mol. The van der Waals surface area contributed by atoms with Crippen LogP contribution in [0.2, 0.25) is 0 Å². The minimum atomic E-state index is -4.51. The highest BCUT2D eigenvalue weighted by Gasteiger charge is 2.54. The van der Waals surface area contributed by atoms with E-state index in [0.717, 1.165) is 0 Å². The number of fused-ring (bicyclic) bond motifs is 1. The molecule has 6 heteroatoms. The lowest BCUT2D eigenvalue weighted by atomic mass is 9.69. The van der Waals surface area contributed by atoms with Crippen molar-refractivity contribution < 1.29 is 18.0 Å². The molecule has 1 saturated carbocycles. The fourth-order valence-corrected chi connectivity index (χ4v) is 2.52. The van der Waals surface area contributed by atoms with E-state index in [0.29, 0.717) is 6.42 Å². The first-order valence-corrected chi connectivity index (χ1v) is 5.14. The van der Waals surface area contributed by atoms with Gasteiger partial charge in [-0.1, -0.05) is 13.8 Å². The topological polar surface area (TPSA) is 41.5 Å². The third kappa shape index (κ3) is 1.81. The highest BCUT2D eigenvalue weighted by Crippen LogP contribution is 2.41. The molecule has 3 nitrogen and oxygen atoms in total. The largest absolute Gasteiger partial charge is 0.431 e. The van der Waals surface area contributed by atoms with Crippen LogP contribution in [-0.2, 0) is 4.79 Å². The van der Waals surface area contributed by atoms with Crippen molar-refractivity contribution in [1.29, 1.82) is 0 Å². The fourth-order valence-electron chi connectivity index (χ4n) is 2.52. The Kier molecular flexibility index (Phi) is 2.29. The molecule has 2 unspecified atom stereocenters. The Labute approximate surface area is 91.1 Å². The van der Waals surface area contributed by atoms with Gasteiger partial charge in [0.15, 0.2) is 5.71 Å². The van der Waals surface area contributed by atoms with Crippen LogP contribution >= 0.6 is 0 Å². The molecule has 0 aromatic carbocycles. The van der Waals surface area contributed by atoms with Crippen molar-refractivity contribution in [1.82, 2.24) is 5.43 Å². The second-order valence-corrected chi connectivity index (χ2v) is 5.22. The SMILES string of the molecule is CC1(C)CC(=O)C2C(C(F)(F)F)=NNC2C1. The molecule has 1 fully saturated rings. The molecule has 0 saturated heterocycles. The fraction of sp³-hybridized carbons (Fsp3) is 0.800. The first-order valence-electron chi connectivity index (χ1n) is 5.14. The average molecular weight is 234 g/mol. The van der Waals surface area contributed by atoms with Gasteiger partial charge in [-0.15, -0.1) is 0 Å². The Hall–Kier alpha value is -1.07. The summed E-state index contributed by atoms with van der Waals surface area (Å²) in [6.07, 6.45) is -3.79. The van der Waals surface area contributed by atoms with Gasteiger partial charge in [-0.25, -0.2) is 0 Å². The smallest absolute Gasteiger partial charge is 0.306 e. The van der Waals surface area contributed by atoms with Crippen LogP contribution in [0.1, 0.15) is 26.7 Å². The zero-order valence-corrected chi connectivity index (χ0v) is 9.06. The third-order valence-electron chi connectivity index (χ3n) is 3.11. The number of hydrazone groups is 1. The van der Waals surface area contributed by atoms with Crippen molar-refractivity contribution in [2.75, 3.05) is 0 Å². The van der Waals surface area contributed by atoms with Crippen LogP contribution in [0.15, 0.2) is 5.10 Å². The molecule has 1 aliphatic heterocycles. The summed E-state index contributed by atoms with van der Waals surface area (Å²) in [6.45, 7) is 3.77. The number of carbonyl (C=O) groups excluding carboxylic acids is 1. The summed E-state index contributed by atoms with van der Waals surface area (Å²) < 4.78 is 37.7. The van der Waals surface area contributed by atoms with Gasteiger partial charge in [0.05, 0.1) is 12.0 Å². The Balaban J connectivity index is 2.25. The molecular formula is C10H13F3N2O. The number of carbonyl (C=O) groups is 1. The number of halogens is 3. The van der Waals surface area contributed by atoms with E-state index in [1.54, 1.807) is 0 Å². The van der Waals surface area contributed by atoms with E-state index >= 15 is 0 Å². The maximum atomic E-state index is 12.6. The van der Waals surface area contributed by atoms with Gasteiger partial charge >= 0.3 is 6.18 Å². The highest BCUT2D eigenvalue weighted by atomic mass is 19.4. The van der Waals surface area contributed by atoms with Crippen LogP contribution in [0.25, 0.3) is 0 Å². The number of nitrogens with one attached hydrogen (secondary N) is 1. The van der Waals surface area contributed by atoms with Gasteiger partial charge in [0, 0.05) is 6.42 Å². The van der Waals surface area contributed by atoms with Crippen LogP contribution in [-0.4, -0.2) is 23.7 Å². The molecule has 0 aromatic heterocycles. The lowest BCUT2D eigenvalue weighted by Gasteiger charge is -2.36. The van der Waals surface area contributed by atoms with Gasteiger partial charge in [-0.3, -0.25) is 4.79 Å². The van der Waals surface area contributed by atoms with Gasteiger partial charge in [0.1, 0.15) is 5.78 Å². The molecule has 0 bridgehead atoms. The molecule has 1 aliphatic carbocycles. The molecule has 2 aliphatic rings. The molecule has 0 radical (unpaired) electrons. The third-order valence-corrected chi connectivity index (χ3v) is 3.11. The molecule has 2 atom stereocenters. The minimum absolute atomic E-state index is 0.185. The molecule has 1 N–H and O–H groups in total. The van der Waals surface area contributed by atoms with Crippen molar-refractivity contribution in [2.24, 2.45) is 16.4 Å². The van der Waals surface area contributed by atoms with E-state index in [-0.39, 0.29) is 17.6 Å². The quantitative estimate of drug-likeness (QED) is 0.695. The van der Waals surface area contributed by atoms with Crippen LogP contribution in [0.3, 0.4) is 0 Å². The van der Waals surface area contributed by atoms with E-state index in [4.69, 9.17) is 0 Å². The van der Waals surface area contributed by atoms with Crippen LogP contribution in [0.4, 0.5) is 13.2 Å². The molecule has 0 amide bonds. The summed E-state index contributed by atoms with van der Waals surface area (Å²) in [5, 5.41) is 3.29. The minimum Gasteiger partial charge on any atom is -0.306 e. The standard InChI is InChI=1S/C10H13F3N2O/c1-9(2)3-5-7(6(16)4-9)8(15-14-5)10(11,12)13/h5,7,14H,3-4H2,1-2H3. The maximum Gasteiger partial charge on any atom is 0.431 e. The lowest BCUT2D eigenvalue weighted by Crippen LogP contribution is -2.47. The van der Waals surface area contributed by atoms with Gasteiger partial charge in [0.2, 0.25) is 0 Å². The molecule has 90 valence electrons. The summed E-state index contributed by atoms with van der Waals surface area (Å²) in [5.74, 6) is -1.46. The number of alkyl halides is 3. The number of nitrogens with zero attached hydrogens (tertiary/aromatic N) is 1. The molecule has 0 spiro atoms. The second kappa shape index (κ2) is 3.21. The zero-order valence-electron chi connectivity index (χ0n) is 9.06. The summed E-state index contributed by atoms with van der Waals surface area (Å²) in [5.41, 5.74) is 1.24. The van der Waals surface area contributed by atoms with E-state index in [2.05, 4.69) is 10.5 Å². The number of ketones is 1.